The van der Waals surface area contributed by atoms with Crippen molar-refractivity contribution in [2.24, 2.45) is 0 Å². The lowest BCUT2D eigenvalue weighted by Crippen LogP contribution is -2.01. The van der Waals surface area contributed by atoms with Crippen LogP contribution in [0.25, 0.3) is 16.7 Å². The van der Waals surface area contributed by atoms with Crippen molar-refractivity contribution in [2.45, 2.75) is 19.8 Å². The number of carboxylic acids is 1. The number of carbonyl (C=O) groups is 1. The van der Waals surface area contributed by atoms with Crippen molar-refractivity contribution in [1.29, 1.82) is 0 Å². The molecular formula is C17H16N2O2. The van der Waals surface area contributed by atoms with Gasteiger partial charge in [0.25, 0.3) is 0 Å². The number of carboxylic acid groups (broad SMARTS) is 1. The van der Waals surface area contributed by atoms with Gasteiger partial charge in [0.2, 0.25) is 0 Å². The molecule has 4 nitrogen and oxygen atoms in total. The lowest BCUT2D eigenvalue weighted by atomic mass is 10.2. The van der Waals surface area contributed by atoms with Gasteiger partial charge in [-0.15, -0.1) is 0 Å². The van der Waals surface area contributed by atoms with Gasteiger partial charge in [-0.3, -0.25) is 4.57 Å². The number of fused-ring (bicyclic) bond motifs is 1. The van der Waals surface area contributed by atoms with Crippen LogP contribution in [0, 0.1) is 0 Å². The van der Waals surface area contributed by atoms with E-state index in [1.54, 1.807) is 12.1 Å². The minimum atomic E-state index is -0.928. The molecule has 3 aromatic rings. The van der Waals surface area contributed by atoms with Crippen LogP contribution in [-0.4, -0.2) is 20.6 Å². The van der Waals surface area contributed by atoms with E-state index in [9.17, 15) is 4.79 Å². The molecule has 106 valence electrons. The molecule has 1 heterocycles. The maximum Gasteiger partial charge on any atom is 0.335 e. The number of imidazole rings is 1. The lowest BCUT2D eigenvalue weighted by molar-refractivity contribution is 0.0697. The van der Waals surface area contributed by atoms with Crippen molar-refractivity contribution in [3.8, 4) is 5.69 Å². The second kappa shape index (κ2) is 5.40. The van der Waals surface area contributed by atoms with Gasteiger partial charge in [-0.2, -0.15) is 0 Å². The Labute approximate surface area is 122 Å². The van der Waals surface area contributed by atoms with E-state index in [0.717, 1.165) is 35.4 Å². The first-order chi connectivity index (χ1) is 10.2. The molecule has 0 amide bonds. The van der Waals surface area contributed by atoms with E-state index in [1.807, 2.05) is 36.4 Å². The number of nitrogens with zero attached hydrogens (tertiary/aromatic N) is 2. The van der Waals surface area contributed by atoms with Gasteiger partial charge in [0.15, 0.2) is 0 Å². The summed E-state index contributed by atoms with van der Waals surface area (Å²) >= 11 is 0. The maximum atomic E-state index is 11.1. The first kappa shape index (κ1) is 13.4. The van der Waals surface area contributed by atoms with Gasteiger partial charge >= 0.3 is 5.97 Å². The van der Waals surface area contributed by atoms with Crippen molar-refractivity contribution in [3.05, 3.63) is 59.9 Å². The molecule has 21 heavy (non-hydrogen) atoms. The average Bonchev–Trinajstić information content (AvgIpc) is 2.85. The van der Waals surface area contributed by atoms with Crippen LogP contribution in [0.2, 0.25) is 0 Å². The van der Waals surface area contributed by atoms with Gasteiger partial charge in [0.1, 0.15) is 5.82 Å². The van der Waals surface area contributed by atoms with Crippen LogP contribution in [0.15, 0.2) is 48.5 Å². The summed E-state index contributed by atoms with van der Waals surface area (Å²) in [7, 11) is 0. The Morgan fingerprint density at radius 3 is 2.62 bits per heavy atom. The summed E-state index contributed by atoms with van der Waals surface area (Å²) in [5, 5.41) is 9.11. The van der Waals surface area contributed by atoms with E-state index in [4.69, 9.17) is 5.11 Å². The summed E-state index contributed by atoms with van der Waals surface area (Å²) in [4.78, 5) is 15.7. The number of hydrogen-bond donors (Lipinski definition) is 1. The van der Waals surface area contributed by atoms with Crippen LogP contribution in [0.3, 0.4) is 0 Å². The monoisotopic (exact) mass is 280 g/mol. The smallest absolute Gasteiger partial charge is 0.335 e. The number of hydrogen-bond acceptors (Lipinski definition) is 2. The fourth-order valence-corrected chi connectivity index (χ4v) is 2.52. The molecule has 0 saturated heterocycles. The quantitative estimate of drug-likeness (QED) is 0.793. The molecule has 0 aliphatic rings. The predicted molar refractivity (Wildman–Crippen MR) is 82.0 cm³/mol. The summed E-state index contributed by atoms with van der Waals surface area (Å²) in [5.74, 6) is 0.0319. The molecule has 0 atom stereocenters. The number of aromatic nitrogens is 2. The zero-order valence-electron chi connectivity index (χ0n) is 11.8. The minimum absolute atomic E-state index is 0.267. The van der Waals surface area contributed by atoms with Crippen LogP contribution in [0.4, 0.5) is 0 Å². The first-order valence-corrected chi connectivity index (χ1v) is 7.01. The highest BCUT2D eigenvalue weighted by Crippen LogP contribution is 2.23. The van der Waals surface area contributed by atoms with Crippen molar-refractivity contribution >= 4 is 17.0 Å². The normalized spacial score (nSPS) is 10.9. The Kier molecular flexibility index (Phi) is 3.44. The molecule has 0 spiro atoms. The van der Waals surface area contributed by atoms with Crippen molar-refractivity contribution < 1.29 is 9.90 Å². The summed E-state index contributed by atoms with van der Waals surface area (Å²) in [6, 6.07) is 15.1. The molecule has 0 aliphatic heterocycles. The largest absolute Gasteiger partial charge is 0.478 e. The number of benzene rings is 2. The average molecular weight is 280 g/mol. The zero-order chi connectivity index (χ0) is 14.8. The molecule has 3 rings (SSSR count). The lowest BCUT2D eigenvalue weighted by Gasteiger charge is -2.08. The predicted octanol–water partition coefficient (Wildman–Crippen LogP) is 3.68. The molecule has 2 aromatic carbocycles. The van der Waals surface area contributed by atoms with Crippen LogP contribution in [0.1, 0.15) is 29.5 Å². The second-order valence-electron chi connectivity index (χ2n) is 4.96. The minimum Gasteiger partial charge on any atom is -0.478 e. The molecule has 0 bridgehead atoms. The Balaban J connectivity index is 2.25. The summed E-state index contributed by atoms with van der Waals surface area (Å²) in [6.45, 7) is 2.11. The Morgan fingerprint density at radius 1 is 1.19 bits per heavy atom. The number of aromatic carboxylic acids is 1. The Hall–Kier alpha value is -2.62. The van der Waals surface area contributed by atoms with E-state index in [0.29, 0.717) is 0 Å². The van der Waals surface area contributed by atoms with Gasteiger partial charge in [-0.25, -0.2) is 9.78 Å². The highest BCUT2D eigenvalue weighted by atomic mass is 16.4. The third kappa shape index (κ3) is 2.40. The fraction of sp³-hybridized carbons (Fsp3) is 0.176. The van der Waals surface area contributed by atoms with E-state index >= 15 is 0 Å². The van der Waals surface area contributed by atoms with Gasteiger partial charge in [0, 0.05) is 12.1 Å². The van der Waals surface area contributed by atoms with Crippen LogP contribution in [-0.2, 0) is 6.42 Å². The van der Waals surface area contributed by atoms with Gasteiger partial charge < -0.3 is 5.11 Å². The van der Waals surface area contributed by atoms with E-state index in [1.165, 1.54) is 0 Å². The van der Waals surface area contributed by atoms with Gasteiger partial charge in [-0.1, -0.05) is 25.1 Å². The van der Waals surface area contributed by atoms with Crippen LogP contribution in [0.5, 0.6) is 0 Å². The third-order valence-electron chi connectivity index (χ3n) is 3.46. The Morgan fingerprint density at radius 2 is 1.95 bits per heavy atom. The van der Waals surface area contributed by atoms with Gasteiger partial charge in [0.05, 0.1) is 16.6 Å². The molecule has 4 heteroatoms. The Bertz CT molecular complexity index is 791. The van der Waals surface area contributed by atoms with Crippen molar-refractivity contribution in [3.63, 3.8) is 0 Å². The van der Waals surface area contributed by atoms with Crippen molar-refractivity contribution in [1.82, 2.24) is 9.55 Å². The van der Waals surface area contributed by atoms with Crippen LogP contribution < -0.4 is 0 Å². The van der Waals surface area contributed by atoms with Crippen molar-refractivity contribution in [2.75, 3.05) is 0 Å². The maximum absolute atomic E-state index is 11.1. The molecule has 0 saturated carbocycles. The van der Waals surface area contributed by atoms with E-state index < -0.39 is 5.97 Å². The van der Waals surface area contributed by atoms with Crippen LogP contribution >= 0.6 is 0 Å². The number of para-hydroxylation sites is 1. The highest BCUT2D eigenvalue weighted by molar-refractivity contribution is 5.92. The highest BCUT2D eigenvalue weighted by Gasteiger charge is 2.13. The molecular weight excluding hydrogens is 264 g/mol. The molecule has 0 radical (unpaired) electrons. The summed E-state index contributed by atoms with van der Waals surface area (Å²) < 4.78 is 2.10. The molecule has 1 aromatic heterocycles. The molecule has 0 unspecified atom stereocenters. The standard InChI is InChI=1S/C17H16N2O2/c1-2-6-16-18-14-11-12(17(20)21)9-10-15(14)19(16)13-7-4-3-5-8-13/h3-5,7-11H,2,6H2,1H3,(H,20,21). The molecule has 0 fully saturated rings. The summed E-state index contributed by atoms with van der Waals surface area (Å²) in [6.07, 6.45) is 1.84. The molecule has 0 aliphatic carbocycles. The second-order valence-corrected chi connectivity index (χ2v) is 4.96. The zero-order valence-corrected chi connectivity index (χ0v) is 11.8. The SMILES string of the molecule is CCCc1nc2cc(C(=O)O)ccc2n1-c1ccccc1. The topological polar surface area (TPSA) is 55.1 Å². The number of rotatable bonds is 4. The summed E-state index contributed by atoms with van der Waals surface area (Å²) in [5.41, 5.74) is 2.98. The number of aryl methyl sites for hydroxylation is 1. The third-order valence-corrected chi connectivity index (χ3v) is 3.46. The molecule has 1 N–H and O–H groups in total. The van der Waals surface area contributed by atoms with E-state index in [2.05, 4.69) is 16.5 Å². The fourth-order valence-electron chi connectivity index (χ4n) is 2.52. The first-order valence-electron chi connectivity index (χ1n) is 7.01. The van der Waals surface area contributed by atoms with E-state index in [-0.39, 0.29) is 5.56 Å². The van der Waals surface area contributed by atoms with Gasteiger partial charge in [-0.05, 0) is 36.8 Å².